The minimum atomic E-state index is -0.133. The lowest BCUT2D eigenvalue weighted by molar-refractivity contribution is -0.121. The quantitative estimate of drug-likeness (QED) is 0.725. The van der Waals surface area contributed by atoms with Crippen molar-refractivity contribution >= 4 is 5.91 Å². The van der Waals surface area contributed by atoms with Crippen molar-refractivity contribution in [1.29, 1.82) is 0 Å². The molecule has 2 rings (SSSR count). The van der Waals surface area contributed by atoms with Gasteiger partial charge >= 0.3 is 0 Å². The summed E-state index contributed by atoms with van der Waals surface area (Å²) in [4.78, 5) is 11.7. The zero-order valence-electron chi connectivity index (χ0n) is 10.6. The number of hydrogen-bond donors (Lipinski definition) is 3. The smallest absolute Gasteiger partial charge is 0.221 e. The topological polar surface area (TPSA) is 67.1 Å². The molecule has 4 heteroatoms. The first-order chi connectivity index (χ1) is 8.75. The van der Waals surface area contributed by atoms with E-state index >= 15 is 0 Å². The Morgan fingerprint density at radius 3 is 2.89 bits per heavy atom. The number of hydrogen-bond acceptors (Lipinski definition) is 3. The van der Waals surface area contributed by atoms with E-state index in [1.54, 1.807) is 0 Å². The summed E-state index contributed by atoms with van der Waals surface area (Å²) < 4.78 is 0. The van der Waals surface area contributed by atoms with Gasteiger partial charge in [0.25, 0.3) is 0 Å². The van der Waals surface area contributed by atoms with Gasteiger partial charge in [0, 0.05) is 25.0 Å². The SMILES string of the molecule is NC(CNC(=O)CC1CCCN1)c1ccccc1. The van der Waals surface area contributed by atoms with Gasteiger partial charge in [-0.25, -0.2) is 0 Å². The Balaban J connectivity index is 1.72. The first kappa shape index (κ1) is 13.1. The molecule has 0 saturated carbocycles. The van der Waals surface area contributed by atoms with Gasteiger partial charge in [0.1, 0.15) is 0 Å². The van der Waals surface area contributed by atoms with Crippen LogP contribution >= 0.6 is 0 Å². The van der Waals surface area contributed by atoms with Crippen molar-refractivity contribution in [1.82, 2.24) is 10.6 Å². The highest BCUT2D eigenvalue weighted by Gasteiger charge is 2.17. The van der Waals surface area contributed by atoms with Crippen LogP contribution < -0.4 is 16.4 Å². The minimum Gasteiger partial charge on any atom is -0.354 e. The fourth-order valence-corrected chi connectivity index (χ4v) is 2.27. The van der Waals surface area contributed by atoms with E-state index in [9.17, 15) is 4.79 Å². The number of rotatable bonds is 5. The van der Waals surface area contributed by atoms with Gasteiger partial charge in [-0.15, -0.1) is 0 Å². The molecule has 1 aromatic carbocycles. The molecule has 0 bridgehead atoms. The van der Waals surface area contributed by atoms with E-state index < -0.39 is 0 Å². The van der Waals surface area contributed by atoms with Crippen LogP contribution in [-0.2, 0) is 4.79 Å². The Kier molecular flexibility index (Phi) is 4.73. The average Bonchev–Trinajstić information content (AvgIpc) is 2.90. The Labute approximate surface area is 108 Å². The summed E-state index contributed by atoms with van der Waals surface area (Å²) in [6.45, 7) is 1.52. The van der Waals surface area contributed by atoms with Crippen molar-refractivity contribution in [3.8, 4) is 0 Å². The van der Waals surface area contributed by atoms with Crippen molar-refractivity contribution in [2.24, 2.45) is 5.73 Å². The lowest BCUT2D eigenvalue weighted by Crippen LogP contribution is -2.35. The Hall–Kier alpha value is -1.39. The van der Waals surface area contributed by atoms with Gasteiger partial charge in [-0.05, 0) is 24.9 Å². The second kappa shape index (κ2) is 6.52. The summed E-state index contributed by atoms with van der Waals surface area (Å²) in [6, 6.07) is 10.1. The molecule has 2 atom stereocenters. The molecule has 1 aromatic rings. The van der Waals surface area contributed by atoms with Crippen molar-refractivity contribution in [3.05, 3.63) is 35.9 Å². The number of benzene rings is 1. The highest BCUT2D eigenvalue weighted by atomic mass is 16.1. The maximum atomic E-state index is 11.7. The predicted octanol–water partition coefficient (Wildman–Crippen LogP) is 0.945. The van der Waals surface area contributed by atoms with Crippen molar-refractivity contribution < 1.29 is 4.79 Å². The van der Waals surface area contributed by atoms with E-state index in [1.165, 1.54) is 6.42 Å². The number of carbonyl (C=O) groups excluding carboxylic acids is 1. The molecular formula is C14H21N3O. The summed E-state index contributed by atoms with van der Waals surface area (Å²) in [5.74, 6) is 0.0841. The molecule has 1 amide bonds. The van der Waals surface area contributed by atoms with Crippen molar-refractivity contribution in [3.63, 3.8) is 0 Å². The molecule has 0 spiro atoms. The molecule has 1 heterocycles. The van der Waals surface area contributed by atoms with Crippen LogP contribution in [-0.4, -0.2) is 25.0 Å². The van der Waals surface area contributed by atoms with E-state index in [2.05, 4.69) is 10.6 Å². The standard InChI is InChI=1S/C14H21N3O/c15-13(11-5-2-1-3-6-11)10-17-14(18)9-12-7-4-8-16-12/h1-3,5-6,12-13,16H,4,7-10,15H2,(H,17,18). The summed E-state index contributed by atoms with van der Waals surface area (Å²) in [5, 5.41) is 6.22. The van der Waals surface area contributed by atoms with E-state index in [0.717, 1.165) is 18.5 Å². The van der Waals surface area contributed by atoms with Crippen molar-refractivity contribution in [2.45, 2.75) is 31.3 Å². The van der Waals surface area contributed by atoms with Gasteiger partial charge in [-0.1, -0.05) is 30.3 Å². The summed E-state index contributed by atoms with van der Waals surface area (Å²) in [5.41, 5.74) is 7.07. The third kappa shape index (κ3) is 3.82. The molecule has 1 fully saturated rings. The fourth-order valence-electron chi connectivity index (χ4n) is 2.27. The van der Waals surface area contributed by atoms with E-state index in [4.69, 9.17) is 5.73 Å². The molecule has 4 N–H and O–H groups in total. The number of carbonyl (C=O) groups is 1. The second-order valence-electron chi connectivity index (χ2n) is 4.82. The second-order valence-corrected chi connectivity index (χ2v) is 4.82. The van der Waals surface area contributed by atoms with Crippen LogP contribution in [0.2, 0.25) is 0 Å². The Bertz CT molecular complexity index is 374. The first-order valence-electron chi connectivity index (χ1n) is 6.56. The van der Waals surface area contributed by atoms with Gasteiger partial charge < -0.3 is 16.4 Å². The number of nitrogens with two attached hydrogens (primary N) is 1. The Morgan fingerprint density at radius 1 is 1.44 bits per heavy atom. The molecule has 1 aliphatic heterocycles. The molecule has 1 aliphatic rings. The lowest BCUT2D eigenvalue weighted by Gasteiger charge is -2.14. The van der Waals surface area contributed by atoms with Gasteiger partial charge in [0.15, 0.2) is 0 Å². The maximum absolute atomic E-state index is 11.7. The van der Waals surface area contributed by atoms with Gasteiger partial charge in [0.2, 0.25) is 5.91 Å². The molecule has 98 valence electrons. The van der Waals surface area contributed by atoms with Crippen LogP contribution in [0.3, 0.4) is 0 Å². The van der Waals surface area contributed by atoms with Crippen LogP contribution in [0, 0.1) is 0 Å². The number of nitrogens with one attached hydrogen (secondary N) is 2. The third-order valence-corrected chi connectivity index (χ3v) is 3.34. The normalized spacial score (nSPS) is 20.6. The molecular weight excluding hydrogens is 226 g/mol. The monoisotopic (exact) mass is 247 g/mol. The fraction of sp³-hybridized carbons (Fsp3) is 0.500. The minimum absolute atomic E-state index is 0.0841. The highest BCUT2D eigenvalue weighted by Crippen LogP contribution is 2.10. The molecule has 2 unspecified atom stereocenters. The first-order valence-corrected chi connectivity index (χ1v) is 6.56. The van der Waals surface area contributed by atoms with Crippen molar-refractivity contribution in [2.75, 3.05) is 13.1 Å². The summed E-state index contributed by atoms with van der Waals surface area (Å²) >= 11 is 0. The van der Waals surface area contributed by atoms with Crippen LogP contribution in [0.15, 0.2) is 30.3 Å². The lowest BCUT2D eigenvalue weighted by atomic mass is 10.1. The van der Waals surface area contributed by atoms with E-state index in [0.29, 0.717) is 19.0 Å². The van der Waals surface area contributed by atoms with Crippen LogP contribution in [0.1, 0.15) is 30.9 Å². The van der Waals surface area contributed by atoms with E-state index in [-0.39, 0.29) is 11.9 Å². The largest absolute Gasteiger partial charge is 0.354 e. The van der Waals surface area contributed by atoms with Gasteiger partial charge in [-0.2, -0.15) is 0 Å². The summed E-state index contributed by atoms with van der Waals surface area (Å²) in [7, 11) is 0. The molecule has 4 nitrogen and oxygen atoms in total. The zero-order chi connectivity index (χ0) is 12.8. The number of amides is 1. The molecule has 0 aromatic heterocycles. The molecule has 0 aliphatic carbocycles. The summed E-state index contributed by atoms with van der Waals surface area (Å²) in [6.07, 6.45) is 2.82. The predicted molar refractivity (Wildman–Crippen MR) is 72.0 cm³/mol. The molecule has 1 saturated heterocycles. The van der Waals surface area contributed by atoms with Crippen LogP contribution in [0.4, 0.5) is 0 Å². The van der Waals surface area contributed by atoms with Gasteiger partial charge in [0.05, 0.1) is 0 Å². The van der Waals surface area contributed by atoms with Crippen LogP contribution in [0.5, 0.6) is 0 Å². The third-order valence-electron chi connectivity index (χ3n) is 3.34. The maximum Gasteiger partial charge on any atom is 0.221 e. The molecule has 0 radical (unpaired) electrons. The van der Waals surface area contributed by atoms with Crippen LogP contribution in [0.25, 0.3) is 0 Å². The van der Waals surface area contributed by atoms with E-state index in [1.807, 2.05) is 30.3 Å². The Morgan fingerprint density at radius 2 is 2.22 bits per heavy atom. The average molecular weight is 247 g/mol. The van der Waals surface area contributed by atoms with Gasteiger partial charge in [-0.3, -0.25) is 4.79 Å². The molecule has 18 heavy (non-hydrogen) atoms. The highest BCUT2D eigenvalue weighted by molar-refractivity contribution is 5.76. The zero-order valence-corrected chi connectivity index (χ0v) is 10.6.